The number of aryl methyl sites for hydroxylation is 1. The standard InChI is InChI=1S/C22H27FN2O2/c23-20-11-9-19(10-12-20)16-24-17-22(27)13-5-15-25(21(22)26)14-4-8-18-6-2-1-3-7-18/h1-3,6-7,9-12,24,27H,4-5,8,13-17H2/t22-/m0/s1. The number of hydrogen-bond donors (Lipinski definition) is 2. The van der Waals surface area contributed by atoms with Gasteiger partial charge in [0.2, 0.25) is 0 Å². The molecule has 1 aliphatic heterocycles. The monoisotopic (exact) mass is 370 g/mol. The van der Waals surface area contributed by atoms with Crippen LogP contribution in [0.3, 0.4) is 0 Å². The van der Waals surface area contributed by atoms with Crippen molar-refractivity contribution in [3.63, 3.8) is 0 Å². The Hall–Kier alpha value is -2.24. The Labute approximate surface area is 160 Å². The maximum atomic E-state index is 13.0. The van der Waals surface area contributed by atoms with Gasteiger partial charge in [-0.15, -0.1) is 0 Å². The van der Waals surface area contributed by atoms with Crippen LogP contribution in [0.1, 0.15) is 30.4 Å². The van der Waals surface area contributed by atoms with Crippen LogP contribution in [0, 0.1) is 5.82 Å². The third-order valence-corrected chi connectivity index (χ3v) is 5.10. The summed E-state index contributed by atoms with van der Waals surface area (Å²) in [4.78, 5) is 14.5. The Bertz CT molecular complexity index is 736. The van der Waals surface area contributed by atoms with Gasteiger partial charge in [-0.05, 0) is 48.9 Å². The average Bonchev–Trinajstić information content (AvgIpc) is 2.68. The van der Waals surface area contributed by atoms with E-state index in [1.807, 2.05) is 18.2 Å². The second kappa shape index (κ2) is 9.11. The minimum Gasteiger partial charge on any atom is -0.379 e. The molecule has 2 N–H and O–H groups in total. The van der Waals surface area contributed by atoms with E-state index in [2.05, 4.69) is 17.4 Å². The molecule has 0 bridgehead atoms. The molecule has 0 aliphatic carbocycles. The van der Waals surface area contributed by atoms with E-state index in [9.17, 15) is 14.3 Å². The number of carbonyl (C=O) groups excluding carboxylic acids is 1. The molecule has 0 unspecified atom stereocenters. The van der Waals surface area contributed by atoms with E-state index in [0.29, 0.717) is 26.1 Å². The zero-order valence-electron chi connectivity index (χ0n) is 15.5. The molecule has 4 nitrogen and oxygen atoms in total. The van der Waals surface area contributed by atoms with Gasteiger partial charge in [-0.2, -0.15) is 0 Å². The third-order valence-electron chi connectivity index (χ3n) is 5.10. The molecule has 0 spiro atoms. The van der Waals surface area contributed by atoms with Crippen molar-refractivity contribution in [3.8, 4) is 0 Å². The normalized spacial score (nSPS) is 20.1. The fourth-order valence-electron chi connectivity index (χ4n) is 3.58. The van der Waals surface area contributed by atoms with Crippen LogP contribution in [0.25, 0.3) is 0 Å². The van der Waals surface area contributed by atoms with Crippen LogP contribution in [0.15, 0.2) is 54.6 Å². The Kier molecular flexibility index (Phi) is 6.58. The van der Waals surface area contributed by atoms with Crippen molar-refractivity contribution in [2.75, 3.05) is 19.6 Å². The predicted molar refractivity (Wildman–Crippen MR) is 104 cm³/mol. The number of nitrogens with one attached hydrogen (secondary N) is 1. The average molecular weight is 370 g/mol. The Balaban J connectivity index is 1.47. The molecule has 1 atom stereocenters. The van der Waals surface area contributed by atoms with Crippen molar-refractivity contribution in [1.29, 1.82) is 0 Å². The first-order valence-electron chi connectivity index (χ1n) is 9.58. The second-order valence-corrected chi connectivity index (χ2v) is 7.25. The van der Waals surface area contributed by atoms with Crippen LogP contribution in [-0.4, -0.2) is 41.1 Å². The predicted octanol–water partition coefficient (Wildman–Crippen LogP) is 2.90. The number of halogens is 1. The molecule has 1 saturated heterocycles. The molecule has 0 aromatic heterocycles. The van der Waals surface area contributed by atoms with Gasteiger partial charge >= 0.3 is 0 Å². The molecule has 1 amide bonds. The third kappa shape index (κ3) is 5.37. The van der Waals surface area contributed by atoms with Crippen LogP contribution in [0.4, 0.5) is 4.39 Å². The molecule has 1 heterocycles. The van der Waals surface area contributed by atoms with Gasteiger partial charge in [-0.3, -0.25) is 4.79 Å². The highest BCUT2D eigenvalue weighted by atomic mass is 19.1. The lowest BCUT2D eigenvalue weighted by Crippen LogP contribution is -2.58. The zero-order valence-corrected chi connectivity index (χ0v) is 15.5. The van der Waals surface area contributed by atoms with E-state index in [0.717, 1.165) is 24.8 Å². The van der Waals surface area contributed by atoms with E-state index in [-0.39, 0.29) is 18.3 Å². The molecule has 2 aromatic carbocycles. The van der Waals surface area contributed by atoms with Gasteiger partial charge in [0.15, 0.2) is 5.60 Å². The van der Waals surface area contributed by atoms with Crippen molar-refractivity contribution in [3.05, 3.63) is 71.5 Å². The van der Waals surface area contributed by atoms with Crippen molar-refractivity contribution < 1.29 is 14.3 Å². The SMILES string of the molecule is O=C1N(CCCc2ccccc2)CCC[C@]1(O)CNCc1ccc(F)cc1. The first kappa shape index (κ1) is 19.5. The summed E-state index contributed by atoms with van der Waals surface area (Å²) in [5.41, 5.74) is 0.826. The molecule has 27 heavy (non-hydrogen) atoms. The quantitative estimate of drug-likeness (QED) is 0.751. The van der Waals surface area contributed by atoms with E-state index < -0.39 is 5.60 Å². The Morgan fingerprint density at radius 3 is 2.56 bits per heavy atom. The summed E-state index contributed by atoms with van der Waals surface area (Å²) in [6.45, 7) is 2.06. The number of carbonyl (C=O) groups is 1. The smallest absolute Gasteiger partial charge is 0.255 e. The Morgan fingerprint density at radius 1 is 1.07 bits per heavy atom. The minimum absolute atomic E-state index is 0.187. The largest absolute Gasteiger partial charge is 0.379 e. The molecular weight excluding hydrogens is 343 g/mol. The summed E-state index contributed by atoms with van der Waals surface area (Å²) in [6, 6.07) is 16.4. The summed E-state index contributed by atoms with van der Waals surface area (Å²) in [5.74, 6) is -0.459. The first-order valence-corrected chi connectivity index (χ1v) is 9.58. The van der Waals surface area contributed by atoms with Crippen molar-refractivity contribution >= 4 is 5.91 Å². The van der Waals surface area contributed by atoms with Gasteiger partial charge in [0, 0.05) is 26.2 Å². The fourth-order valence-corrected chi connectivity index (χ4v) is 3.58. The molecule has 5 heteroatoms. The first-order chi connectivity index (χ1) is 13.1. The van der Waals surface area contributed by atoms with Gasteiger partial charge in [-0.25, -0.2) is 4.39 Å². The van der Waals surface area contributed by atoms with E-state index in [1.54, 1.807) is 17.0 Å². The number of benzene rings is 2. The number of likely N-dealkylation sites (tertiary alicyclic amines) is 1. The van der Waals surface area contributed by atoms with Gasteiger partial charge in [0.1, 0.15) is 5.82 Å². The molecular formula is C22H27FN2O2. The molecule has 1 fully saturated rings. The lowest BCUT2D eigenvalue weighted by atomic mass is 9.91. The summed E-state index contributed by atoms with van der Waals surface area (Å²) >= 11 is 0. The summed E-state index contributed by atoms with van der Waals surface area (Å²) in [7, 11) is 0. The highest BCUT2D eigenvalue weighted by Crippen LogP contribution is 2.23. The number of nitrogens with zero attached hydrogens (tertiary/aromatic N) is 1. The topological polar surface area (TPSA) is 52.6 Å². The van der Waals surface area contributed by atoms with Crippen molar-refractivity contribution in [2.45, 2.75) is 37.8 Å². The number of piperidine rings is 1. The van der Waals surface area contributed by atoms with Crippen LogP contribution >= 0.6 is 0 Å². The number of amides is 1. The second-order valence-electron chi connectivity index (χ2n) is 7.25. The fraction of sp³-hybridized carbons (Fsp3) is 0.409. The molecule has 144 valence electrons. The number of aliphatic hydroxyl groups is 1. The van der Waals surface area contributed by atoms with Crippen LogP contribution in [0.5, 0.6) is 0 Å². The maximum Gasteiger partial charge on any atom is 0.255 e. The maximum absolute atomic E-state index is 13.0. The molecule has 3 rings (SSSR count). The highest BCUT2D eigenvalue weighted by molar-refractivity contribution is 5.86. The van der Waals surface area contributed by atoms with Gasteiger partial charge < -0.3 is 15.3 Å². The summed E-state index contributed by atoms with van der Waals surface area (Å²) in [6.07, 6.45) is 3.07. The van der Waals surface area contributed by atoms with Crippen LogP contribution in [0.2, 0.25) is 0 Å². The molecule has 2 aromatic rings. The number of hydrogen-bond acceptors (Lipinski definition) is 3. The molecule has 0 saturated carbocycles. The van der Waals surface area contributed by atoms with Crippen molar-refractivity contribution in [1.82, 2.24) is 10.2 Å². The minimum atomic E-state index is -1.36. The number of rotatable bonds is 8. The lowest BCUT2D eigenvalue weighted by Gasteiger charge is -2.38. The van der Waals surface area contributed by atoms with Crippen LogP contribution < -0.4 is 5.32 Å². The molecule has 0 radical (unpaired) electrons. The van der Waals surface area contributed by atoms with E-state index in [1.165, 1.54) is 17.7 Å². The summed E-state index contributed by atoms with van der Waals surface area (Å²) < 4.78 is 13.0. The van der Waals surface area contributed by atoms with E-state index >= 15 is 0 Å². The Morgan fingerprint density at radius 2 is 1.81 bits per heavy atom. The van der Waals surface area contributed by atoms with Gasteiger partial charge in [0.25, 0.3) is 5.91 Å². The van der Waals surface area contributed by atoms with Crippen LogP contribution in [-0.2, 0) is 17.8 Å². The zero-order chi connectivity index (χ0) is 19.1. The summed E-state index contributed by atoms with van der Waals surface area (Å²) in [5, 5.41) is 14.0. The van der Waals surface area contributed by atoms with Gasteiger partial charge in [0.05, 0.1) is 0 Å². The highest BCUT2D eigenvalue weighted by Gasteiger charge is 2.41. The lowest BCUT2D eigenvalue weighted by molar-refractivity contribution is -0.156. The van der Waals surface area contributed by atoms with E-state index in [4.69, 9.17) is 0 Å². The molecule has 1 aliphatic rings. The van der Waals surface area contributed by atoms with Gasteiger partial charge in [-0.1, -0.05) is 42.5 Å². The van der Waals surface area contributed by atoms with Crippen molar-refractivity contribution in [2.24, 2.45) is 0 Å².